The van der Waals surface area contributed by atoms with E-state index in [1.165, 1.54) is 5.56 Å². The smallest absolute Gasteiger partial charge is 0.250 e. The van der Waals surface area contributed by atoms with E-state index in [9.17, 15) is 4.79 Å². The van der Waals surface area contributed by atoms with E-state index < -0.39 is 0 Å². The van der Waals surface area contributed by atoms with Crippen molar-refractivity contribution in [1.82, 2.24) is 4.98 Å². The van der Waals surface area contributed by atoms with Crippen molar-refractivity contribution in [3.05, 3.63) is 51.9 Å². The SMILES string of the molecule is Cc1cc(-c2cccc3c2OCCC3)c[nH]c1=O. The molecule has 2 heterocycles. The number of aromatic amines is 1. The van der Waals surface area contributed by atoms with Crippen LogP contribution in [0.3, 0.4) is 0 Å². The number of H-pyrrole nitrogens is 1. The maximum Gasteiger partial charge on any atom is 0.250 e. The number of aryl methyl sites for hydroxylation is 2. The Morgan fingerprint density at radius 1 is 1.33 bits per heavy atom. The summed E-state index contributed by atoms with van der Waals surface area (Å²) in [6.07, 6.45) is 3.88. The number of benzene rings is 1. The maximum atomic E-state index is 11.4. The van der Waals surface area contributed by atoms with E-state index in [2.05, 4.69) is 11.1 Å². The van der Waals surface area contributed by atoms with Crippen LogP contribution >= 0.6 is 0 Å². The third kappa shape index (κ3) is 1.82. The van der Waals surface area contributed by atoms with Crippen LogP contribution in [0.5, 0.6) is 5.75 Å². The van der Waals surface area contributed by atoms with Crippen LogP contribution < -0.4 is 10.3 Å². The zero-order chi connectivity index (χ0) is 12.5. The lowest BCUT2D eigenvalue weighted by atomic mass is 9.98. The standard InChI is InChI=1S/C15H15NO2/c1-10-8-12(9-16-15(10)17)13-6-2-4-11-5-3-7-18-14(11)13/h2,4,6,8-9H,3,5,7H2,1H3,(H,16,17). The number of para-hydroxylation sites is 1. The normalized spacial score (nSPS) is 13.8. The van der Waals surface area contributed by atoms with Gasteiger partial charge in [0.15, 0.2) is 0 Å². The topological polar surface area (TPSA) is 42.1 Å². The Bertz CT molecular complexity index is 643. The lowest BCUT2D eigenvalue weighted by Gasteiger charge is -2.20. The molecule has 0 saturated carbocycles. The average molecular weight is 241 g/mol. The second-order valence-electron chi connectivity index (χ2n) is 4.65. The van der Waals surface area contributed by atoms with Crippen molar-refractivity contribution in [2.24, 2.45) is 0 Å². The van der Waals surface area contributed by atoms with Crippen LogP contribution in [0.25, 0.3) is 11.1 Å². The van der Waals surface area contributed by atoms with Gasteiger partial charge in [0.1, 0.15) is 5.75 Å². The molecule has 0 fully saturated rings. The van der Waals surface area contributed by atoms with Gasteiger partial charge in [-0.1, -0.05) is 18.2 Å². The molecular formula is C15H15NO2. The highest BCUT2D eigenvalue weighted by molar-refractivity contribution is 5.72. The van der Waals surface area contributed by atoms with Crippen LogP contribution in [0, 0.1) is 6.92 Å². The maximum absolute atomic E-state index is 11.4. The highest BCUT2D eigenvalue weighted by atomic mass is 16.5. The van der Waals surface area contributed by atoms with Crippen molar-refractivity contribution in [3.8, 4) is 16.9 Å². The van der Waals surface area contributed by atoms with Gasteiger partial charge in [0.05, 0.1) is 6.61 Å². The van der Waals surface area contributed by atoms with Crippen molar-refractivity contribution in [3.63, 3.8) is 0 Å². The first-order chi connectivity index (χ1) is 8.75. The molecule has 1 aromatic heterocycles. The van der Waals surface area contributed by atoms with E-state index in [-0.39, 0.29) is 5.56 Å². The molecule has 0 amide bonds. The summed E-state index contributed by atoms with van der Waals surface area (Å²) in [6, 6.07) is 8.10. The molecule has 18 heavy (non-hydrogen) atoms. The van der Waals surface area contributed by atoms with Gasteiger partial charge in [-0.3, -0.25) is 4.79 Å². The van der Waals surface area contributed by atoms with Gasteiger partial charge >= 0.3 is 0 Å². The predicted octanol–water partition coefficient (Wildman–Crippen LogP) is 2.68. The first kappa shape index (κ1) is 11.1. The Labute approximate surface area is 105 Å². The first-order valence-corrected chi connectivity index (χ1v) is 6.20. The summed E-state index contributed by atoms with van der Waals surface area (Å²) < 4.78 is 5.79. The predicted molar refractivity (Wildman–Crippen MR) is 71.1 cm³/mol. The number of aromatic nitrogens is 1. The minimum absolute atomic E-state index is 0.0375. The van der Waals surface area contributed by atoms with Crippen molar-refractivity contribution in [2.45, 2.75) is 19.8 Å². The highest BCUT2D eigenvalue weighted by Gasteiger charge is 2.15. The number of nitrogens with one attached hydrogen (secondary N) is 1. The van der Waals surface area contributed by atoms with Gasteiger partial charge in [0.25, 0.3) is 5.56 Å². The summed E-state index contributed by atoms with van der Waals surface area (Å²) >= 11 is 0. The van der Waals surface area contributed by atoms with Gasteiger partial charge in [0.2, 0.25) is 0 Å². The van der Waals surface area contributed by atoms with Crippen LogP contribution in [0.15, 0.2) is 35.3 Å². The molecule has 0 radical (unpaired) electrons. The molecular weight excluding hydrogens is 226 g/mol. The van der Waals surface area contributed by atoms with E-state index in [0.29, 0.717) is 0 Å². The number of fused-ring (bicyclic) bond motifs is 1. The van der Waals surface area contributed by atoms with E-state index in [0.717, 1.165) is 41.9 Å². The van der Waals surface area contributed by atoms with Gasteiger partial charge in [-0.15, -0.1) is 0 Å². The molecule has 3 rings (SSSR count). The molecule has 2 aromatic rings. The zero-order valence-electron chi connectivity index (χ0n) is 10.3. The minimum atomic E-state index is -0.0375. The zero-order valence-corrected chi connectivity index (χ0v) is 10.3. The first-order valence-electron chi connectivity index (χ1n) is 6.20. The van der Waals surface area contributed by atoms with E-state index in [1.807, 2.05) is 25.1 Å². The molecule has 1 aliphatic rings. The fourth-order valence-electron chi connectivity index (χ4n) is 2.37. The Kier molecular flexibility index (Phi) is 2.67. The van der Waals surface area contributed by atoms with Crippen molar-refractivity contribution < 1.29 is 4.74 Å². The average Bonchev–Trinajstić information content (AvgIpc) is 2.41. The van der Waals surface area contributed by atoms with Crippen LogP contribution in [0.2, 0.25) is 0 Å². The molecule has 1 aliphatic heterocycles. The van der Waals surface area contributed by atoms with Gasteiger partial charge < -0.3 is 9.72 Å². The Morgan fingerprint density at radius 2 is 2.22 bits per heavy atom. The second-order valence-corrected chi connectivity index (χ2v) is 4.65. The summed E-state index contributed by atoms with van der Waals surface area (Å²) in [7, 11) is 0. The number of pyridine rings is 1. The Hall–Kier alpha value is -2.03. The quantitative estimate of drug-likeness (QED) is 0.834. The molecule has 92 valence electrons. The lowest BCUT2D eigenvalue weighted by molar-refractivity contribution is 0.289. The molecule has 0 unspecified atom stereocenters. The molecule has 3 heteroatoms. The van der Waals surface area contributed by atoms with Crippen molar-refractivity contribution in [1.29, 1.82) is 0 Å². The summed E-state index contributed by atoms with van der Waals surface area (Å²) in [5.74, 6) is 0.968. The van der Waals surface area contributed by atoms with Crippen molar-refractivity contribution >= 4 is 0 Å². The third-order valence-corrected chi connectivity index (χ3v) is 3.33. The largest absolute Gasteiger partial charge is 0.493 e. The Morgan fingerprint density at radius 3 is 3.06 bits per heavy atom. The van der Waals surface area contributed by atoms with E-state index in [1.54, 1.807) is 6.20 Å². The highest BCUT2D eigenvalue weighted by Crippen LogP contribution is 2.35. The van der Waals surface area contributed by atoms with E-state index >= 15 is 0 Å². The number of hydrogen-bond acceptors (Lipinski definition) is 2. The summed E-state index contributed by atoms with van der Waals surface area (Å²) in [5, 5.41) is 0. The van der Waals surface area contributed by atoms with Crippen LogP contribution in [-0.2, 0) is 6.42 Å². The minimum Gasteiger partial charge on any atom is -0.493 e. The second kappa shape index (κ2) is 4.33. The molecule has 0 bridgehead atoms. The van der Waals surface area contributed by atoms with E-state index in [4.69, 9.17) is 4.74 Å². The van der Waals surface area contributed by atoms with Gasteiger partial charge in [-0.25, -0.2) is 0 Å². The van der Waals surface area contributed by atoms with Gasteiger partial charge in [-0.05, 0) is 31.4 Å². The number of ether oxygens (including phenoxy) is 1. The number of hydrogen-bond donors (Lipinski definition) is 1. The molecule has 1 N–H and O–H groups in total. The lowest BCUT2D eigenvalue weighted by Crippen LogP contribution is -2.11. The van der Waals surface area contributed by atoms with Gasteiger partial charge in [-0.2, -0.15) is 0 Å². The molecule has 0 aliphatic carbocycles. The van der Waals surface area contributed by atoms with Crippen LogP contribution in [-0.4, -0.2) is 11.6 Å². The third-order valence-electron chi connectivity index (χ3n) is 3.33. The van der Waals surface area contributed by atoms with Gasteiger partial charge in [0, 0.05) is 22.9 Å². The molecule has 0 spiro atoms. The monoisotopic (exact) mass is 241 g/mol. The fraction of sp³-hybridized carbons (Fsp3) is 0.267. The fourth-order valence-corrected chi connectivity index (χ4v) is 2.37. The Balaban J connectivity index is 2.16. The van der Waals surface area contributed by atoms with Crippen LogP contribution in [0.4, 0.5) is 0 Å². The molecule has 1 aromatic carbocycles. The molecule has 3 nitrogen and oxygen atoms in total. The van der Waals surface area contributed by atoms with Crippen LogP contribution in [0.1, 0.15) is 17.5 Å². The van der Waals surface area contributed by atoms with Crippen molar-refractivity contribution in [2.75, 3.05) is 6.61 Å². The summed E-state index contributed by atoms with van der Waals surface area (Å²) in [5.41, 5.74) is 4.00. The molecule has 0 atom stereocenters. The number of rotatable bonds is 1. The molecule has 0 saturated heterocycles. The summed E-state index contributed by atoms with van der Waals surface area (Å²) in [6.45, 7) is 2.59. The summed E-state index contributed by atoms with van der Waals surface area (Å²) in [4.78, 5) is 14.2.